The number of amides is 1. The Hall–Kier alpha value is -3.21. The predicted octanol–water partition coefficient (Wildman–Crippen LogP) is 3.75. The molecule has 3 aromatic rings. The van der Waals surface area contributed by atoms with Crippen LogP contribution in [0.5, 0.6) is 0 Å². The van der Waals surface area contributed by atoms with E-state index in [-0.39, 0.29) is 5.91 Å². The molecule has 1 amide bonds. The van der Waals surface area contributed by atoms with E-state index in [4.69, 9.17) is 4.74 Å². The molecule has 0 aliphatic rings. The van der Waals surface area contributed by atoms with E-state index in [1.807, 2.05) is 61.5 Å². The summed E-state index contributed by atoms with van der Waals surface area (Å²) in [5.74, 6) is -0.770. The number of carbonyl (C=O) groups excluding carboxylic acids is 2. The molecule has 0 unspecified atom stereocenters. The minimum Gasteiger partial charge on any atom is -0.449 e. The first-order chi connectivity index (χ1) is 13.0. The molecule has 0 fully saturated rings. The SMILES string of the molecule is Cc1cc(C(=O)O[C@@H](C)C(=O)N(C)Cc2ccccc2)c2ccccc2n1. The summed E-state index contributed by atoms with van der Waals surface area (Å²) in [6.45, 7) is 3.88. The monoisotopic (exact) mass is 362 g/mol. The normalized spacial score (nSPS) is 11.8. The molecule has 1 aromatic heterocycles. The first kappa shape index (κ1) is 18.6. The number of aryl methyl sites for hydroxylation is 1. The zero-order chi connectivity index (χ0) is 19.4. The molecule has 0 bridgehead atoms. The zero-order valence-corrected chi connectivity index (χ0v) is 15.7. The quantitative estimate of drug-likeness (QED) is 0.649. The van der Waals surface area contributed by atoms with Gasteiger partial charge in [-0.15, -0.1) is 0 Å². The van der Waals surface area contributed by atoms with Crippen molar-refractivity contribution in [2.45, 2.75) is 26.5 Å². The highest BCUT2D eigenvalue weighted by atomic mass is 16.5. The van der Waals surface area contributed by atoms with Gasteiger partial charge in [-0.2, -0.15) is 0 Å². The van der Waals surface area contributed by atoms with E-state index in [1.165, 1.54) is 0 Å². The number of benzene rings is 2. The van der Waals surface area contributed by atoms with Gasteiger partial charge in [0.1, 0.15) is 0 Å². The van der Waals surface area contributed by atoms with Crippen molar-refractivity contribution in [2.75, 3.05) is 7.05 Å². The topological polar surface area (TPSA) is 59.5 Å². The summed E-state index contributed by atoms with van der Waals surface area (Å²) in [6.07, 6.45) is -0.876. The molecule has 2 aromatic carbocycles. The molecule has 0 N–H and O–H groups in total. The maximum absolute atomic E-state index is 12.7. The van der Waals surface area contributed by atoms with Gasteiger partial charge in [-0.1, -0.05) is 48.5 Å². The fraction of sp³-hybridized carbons (Fsp3) is 0.227. The third-order valence-corrected chi connectivity index (χ3v) is 4.33. The lowest BCUT2D eigenvalue weighted by Gasteiger charge is -2.22. The number of para-hydroxylation sites is 1. The summed E-state index contributed by atoms with van der Waals surface area (Å²) in [7, 11) is 1.70. The number of rotatable bonds is 5. The molecule has 1 heterocycles. The van der Waals surface area contributed by atoms with E-state index in [0.717, 1.165) is 16.8 Å². The number of nitrogens with zero attached hydrogens (tertiary/aromatic N) is 2. The van der Waals surface area contributed by atoms with Crippen LogP contribution in [0.4, 0.5) is 0 Å². The Morgan fingerprint density at radius 1 is 1.07 bits per heavy atom. The van der Waals surface area contributed by atoms with Crippen LogP contribution in [0.2, 0.25) is 0 Å². The second-order valence-corrected chi connectivity index (χ2v) is 6.56. The second-order valence-electron chi connectivity index (χ2n) is 6.56. The summed E-state index contributed by atoms with van der Waals surface area (Å²) in [5.41, 5.74) is 2.89. The maximum Gasteiger partial charge on any atom is 0.339 e. The highest BCUT2D eigenvalue weighted by Gasteiger charge is 2.23. The summed E-state index contributed by atoms with van der Waals surface area (Å²) >= 11 is 0. The Morgan fingerprint density at radius 3 is 2.48 bits per heavy atom. The van der Waals surface area contributed by atoms with Gasteiger partial charge in [0.2, 0.25) is 0 Å². The average Bonchev–Trinajstić information content (AvgIpc) is 2.67. The van der Waals surface area contributed by atoms with E-state index in [9.17, 15) is 9.59 Å². The largest absolute Gasteiger partial charge is 0.449 e. The predicted molar refractivity (Wildman–Crippen MR) is 104 cm³/mol. The summed E-state index contributed by atoms with van der Waals surface area (Å²) in [6, 6.07) is 18.8. The third kappa shape index (κ3) is 4.31. The van der Waals surface area contributed by atoms with Gasteiger partial charge in [0.15, 0.2) is 6.10 Å². The van der Waals surface area contributed by atoms with Gasteiger partial charge in [0.05, 0.1) is 11.1 Å². The molecular formula is C22H22N2O3. The van der Waals surface area contributed by atoms with Crippen molar-refractivity contribution in [3.05, 3.63) is 77.5 Å². The third-order valence-electron chi connectivity index (χ3n) is 4.33. The highest BCUT2D eigenvalue weighted by Crippen LogP contribution is 2.20. The average molecular weight is 362 g/mol. The smallest absolute Gasteiger partial charge is 0.339 e. The van der Waals surface area contributed by atoms with Crippen LogP contribution in [-0.4, -0.2) is 34.9 Å². The van der Waals surface area contributed by atoms with E-state index in [0.29, 0.717) is 17.5 Å². The number of hydrogen-bond acceptors (Lipinski definition) is 4. The van der Waals surface area contributed by atoms with Gasteiger partial charge in [0, 0.05) is 24.7 Å². The Kier molecular flexibility index (Phi) is 5.50. The van der Waals surface area contributed by atoms with Crippen molar-refractivity contribution in [1.82, 2.24) is 9.88 Å². The van der Waals surface area contributed by atoms with Gasteiger partial charge < -0.3 is 9.64 Å². The lowest BCUT2D eigenvalue weighted by atomic mass is 10.1. The molecule has 0 spiro atoms. The fourth-order valence-electron chi connectivity index (χ4n) is 3.00. The number of pyridine rings is 1. The Balaban J connectivity index is 1.73. The van der Waals surface area contributed by atoms with Crippen molar-refractivity contribution >= 4 is 22.8 Å². The number of carbonyl (C=O) groups is 2. The van der Waals surface area contributed by atoms with Gasteiger partial charge >= 0.3 is 5.97 Å². The van der Waals surface area contributed by atoms with Crippen LogP contribution in [0, 0.1) is 6.92 Å². The van der Waals surface area contributed by atoms with Crippen LogP contribution in [0.25, 0.3) is 10.9 Å². The second kappa shape index (κ2) is 7.99. The molecular weight excluding hydrogens is 340 g/mol. The minimum atomic E-state index is -0.876. The molecule has 0 aliphatic carbocycles. The zero-order valence-electron chi connectivity index (χ0n) is 15.7. The number of aromatic nitrogens is 1. The Morgan fingerprint density at radius 2 is 1.74 bits per heavy atom. The van der Waals surface area contributed by atoms with E-state index in [1.54, 1.807) is 24.9 Å². The fourth-order valence-corrected chi connectivity index (χ4v) is 3.00. The molecule has 0 aliphatic heterocycles. The maximum atomic E-state index is 12.7. The standard InChI is InChI=1S/C22H22N2O3/c1-15-13-19(18-11-7-8-12-20(18)23-15)22(26)27-16(2)21(25)24(3)14-17-9-5-4-6-10-17/h4-13,16H,14H2,1-3H3/t16-/m0/s1. The number of hydrogen-bond donors (Lipinski definition) is 0. The lowest BCUT2D eigenvalue weighted by molar-refractivity contribution is -0.139. The first-order valence-corrected chi connectivity index (χ1v) is 8.82. The van der Waals surface area contributed by atoms with Crippen LogP contribution in [0.15, 0.2) is 60.7 Å². The number of fused-ring (bicyclic) bond motifs is 1. The van der Waals surface area contributed by atoms with Crippen LogP contribution < -0.4 is 0 Å². The van der Waals surface area contributed by atoms with Gasteiger partial charge in [-0.25, -0.2) is 4.79 Å². The molecule has 1 atom stereocenters. The minimum absolute atomic E-state index is 0.248. The lowest BCUT2D eigenvalue weighted by Crippen LogP contribution is -2.37. The van der Waals surface area contributed by atoms with Crippen LogP contribution in [-0.2, 0) is 16.1 Å². The van der Waals surface area contributed by atoms with Crippen molar-refractivity contribution in [1.29, 1.82) is 0 Å². The van der Waals surface area contributed by atoms with Crippen molar-refractivity contribution in [3.8, 4) is 0 Å². The van der Waals surface area contributed by atoms with E-state index >= 15 is 0 Å². The molecule has 27 heavy (non-hydrogen) atoms. The van der Waals surface area contributed by atoms with Crippen molar-refractivity contribution in [2.24, 2.45) is 0 Å². The molecule has 0 radical (unpaired) electrons. The molecule has 0 saturated carbocycles. The Bertz CT molecular complexity index is 970. The van der Waals surface area contributed by atoms with Crippen LogP contribution in [0.1, 0.15) is 28.5 Å². The molecule has 5 nitrogen and oxygen atoms in total. The molecule has 3 rings (SSSR count). The molecule has 5 heteroatoms. The van der Waals surface area contributed by atoms with E-state index in [2.05, 4.69) is 4.98 Å². The summed E-state index contributed by atoms with van der Waals surface area (Å²) < 4.78 is 5.46. The van der Waals surface area contributed by atoms with Crippen molar-refractivity contribution in [3.63, 3.8) is 0 Å². The molecule has 0 saturated heterocycles. The van der Waals surface area contributed by atoms with Crippen LogP contribution in [0.3, 0.4) is 0 Å². The van der Waals surface area contributed by atoms with Crippen molar-refractivity contribution < 1.29 is 14.3 Å². The Labute approximate surface area is 158 Å². The van der Waals surface area contributed by atoms with Gasteiger partial charge in [-0.3, -0.25) is 9.78 Å². The summed E-state index contributed by atoms with van der Waals surface area (Å²) in [4.78, 5) is 31.3. The number of ether oxygens (including phenoxy) is 1. The van der Waals surface area contributed by atoms with Gasteiger partial charge in [0.25, 0.3) is 5.91 Å². The van der Waals surface area contributed by atoms with Crippen LogP contribution >= 0.6 is 0 Å². The highest BCUT2D eigenvalue weighted by molar-refractivity contribution is 6.04. The molecule has 138 valence electrons. The summed E-state index contributed by atoms with van der Waals surface area (Å²) in [5, 5.41) is 0.713. The van der Waals surface area contributed by atoms with Gasteiger partial charge in [-0.05, 0) is 31.5 Å². The first-order valence-electron chi connectivity index (χ1n) is 8.82. The van der Waals surface area contributed by atoms with E-state index < -0.39 is 12.1 Å². The number of likely N-dealkylation sites (N-methyl/N-ethyl adjacent to an activating group) is 1. The number of esters is 1.